The molecule has 66 valence electrons. The maximum absolute atomic E-state index is 10.9. The van der Waals surface area contributed by atoms with Crippen molar-refractivity contribution in [1.82, 2.24) is 9.44 Å². The highest BCUT2D eigenvalue weighted by Crippen LogP contribution is 2.18. The van der Waals surface area contributed by atoms with Gasteiger partial charge in [-0.05, 0) is 12.8 Å². The Morgan fingerprint density at radius 2 is 2.09 bits per heavy atom. The van der Waals surface area contributed by atoms with E-state index >= 15 is 0 Å². The predicted octanol–water partition coefficient (Wildman–Crippen LogP) is -1.12. The van der Waals surface area contributed by atoms with Crippen LogP contribution in [0, 0.1) is 0 Å². The molecule has 0 spiro atoms. The van der Waals surface area contributed by atoms with Gasteiger partial charge < -0.3 is 5.73 Å². The Labute approximate surface area is 66.5 Å². The molecule has 0 aromatic heterocycles. The third-order valence-electron chi connectivity index (χ3n) is 1.70. The molecule has 1 fully saturated rings. The standard InChI is InChI=1S/C5H13N3O2S/c6-4-7-11(9,10)8-5-2-1-3-5/h5,7-8H,1-4,6H2. The fourth-order valence-electron chi connectivity index (χ4n) is 0.897. The summed E-state index contributed by atoms with van der Waals surface area (Å²) in [7, 11) is -3.32. The third kappa shape index (κ3) is 2.74. The first-order chi connectivity index (χ1) is 5.14. The lowest BCUT2D eigenvalue weighted by atomic mass is 9.94. The number of nitrogens with two attached hydrogens (primary N) is 1. The fourth-order valence-corrected chi connectivity index (χ4v) is 1.87. The summed E-state index contributed by atoms with van der Waals surface area (Å²) < 4.78 is 26.5. The molecule has 0 aliphatic heterocycles. The minimum absolute atomic E-state index is 0.0535. The van der Waals surface area contributed by atoms with Crippen LogP contribution in [0.15, 0.2) is 0 Å². The Balaban J connectivity index is 2.33. The predicted molar refractivity (Wildman–Crippen MR) is 41.9 cm³/mol. The average Bonchev–Trinajstić information content (AvgIpc) is 1.79. The molecule has 0 aromatic rings. The third-order valence-corrected chi connectivity index (χ3v) is 2.89. The Kier molecular flexibility index (Phi) is 2.83. The van der Waals surface area contributed by atoms with Gasteiger partial charge in [-0.2, -0.15) is 17.9 Å². The van der Waals surface area contributed by atoms with Crippen LogP contribution >= 0.6 is 0 Å². The van der Waals surface area contributed by atoms with E-state index in [2.05, 4.69) is 9.44 Å². The van der Waals surface area contributed by atoms with Crippen molar-refractivity contribution in [2.45, 2.75) is 25.3 Å². The second kappa shape index (κ2) is 3.48. The topological polar surface area (TPSA) is 84.2 Å². The van der Waals surface area contributed by atoms with Gasteiger partial charge in [0.2, 0.25) is 0 Å². The van der Waals surface area contributed by atoms with Crippen molar-refractivity contribution < 1.29 is 8.42 Å². The highest BCUT2D eigenvalue weighted by molar-refractivity contribution is 7.87. The first kappa shape index (κ1) is 8.92. The molecule has 1 rings (SSSR count). The Morgan fingerprint density at radius 1 is 1.45 bits per heavy atom. The average molecular weight is 179 g/mol. The van der Waals surface area contributed by atoms with Gasteiger partial charge in [-0.3, -0.25) is 0 Å². The van der Waals surface area contributed by atoms with Gasteiger partial charge in [-0.25, -0.2) is 0 Å². The first-order valence-electron chi connectivity index (χ1n) is 3.61. The largest absolute Gasteiger partial charge is 0.318 e. The van der Waals surface area contributed by atoms with Crippen molar-refractivity contribution in [3.05, 3.63) is 0 Å². The molecular formula is C5H13N3O2S. The monoisotopic (exact) mass is 179 g/mol. The number of nitrogens with one attached hydrogen (secondary N) is 2. The zero-order valence-electron chi connectivity index (χ0n) is 6.21. The van der Waals surface area contributed by atoms with E-state index in [1.54, 1.807) is 0 Å². The Morgan fingerprint density at radius 3 is 2.45 bits per heavy atom. The van der Waals surface area contributed by atoms with Gasteiger partial charge in [0.05, 0.1) is 6.67 Å². The van der Waals surface area contributed by atoms with Gasteiger partial charge in [0, 0.05) is 6.04 Å². The van der Waals surface area contributed by atoms with Crippen LogP contribution in [0.3, 0.4) is 0 Å². The summed E-state index contributed by atoms with van der Waals surface area (Å²) in [6.45, 7) is -0.0535. The van der Waals surface area contributed by atoms with E-state index in [1.807, 2.05) is 0 Å². The molecule has 0 amide bonds. The lowest BCUT2D eigenvalue weighted by molar-refractivity contribution is 0.381. The number of hydrogen-bond donors (Lipinski definition) is 3. The van der Waals surface area contributed by atoms with E-state index in [4.69, 9.17) is 5.73 Å². The number of rotatable bonds is 4. The van der Waals surface area contributed by atoms with Crippen molar-refractivity contribution in [2.75, 3.05) is 6.67 Å². The van der Waals surface area contributed by atoms with E-state index < -0.39 is 10.2 Å². The maximum Gasteiger partial charge on any atom is 0.278 e. The van der Waals surface area contributed by atoms with Crippen LogP contribution in [0.1, 0.15) is 19.3 Å². The van der Waals surface area contributed by atoms with E-state index in [-0.39, 0.29) is 12.7 Å². The number of hydrogen-bond acceptors (Lipinski definition) is 3. The summed E-state index contributed by atoms with van der Waals surface area (Å²) in [4.78, 5) is 0. The summed E-state index contributed by atoms with van der Waals surface area (Å²) in [5.74, 6) is 0. The molecule has 0 aromatic carbocycles. The van der Waals surface area contributed by atoms with Gasteiger partial charge in [-0.15, -0.1) is 0 Å². The first-order valence-corrected chi connectivity index (χ1v) is 5.09. The van der Waals surface area contributed by atoms with Gasteiger partial charge in [0.15, 0.2) is 0 Å². The van der Waals surface area contributed by atoms with Crippen molar-refractivity contribution in [2.24, 2.45) is 5.73 Å². The molecule has 0 bridgehead atoms. The van der Waals surface area contributed by atoms with Crippen LogP contribution in [-0.2, 0) is 10.2 Å². The van der Waals surface area contributed by atoms with E-state index in [0.29, 0.717) is 0 Å². The van der Waals surface area contributed by atoms with Crippen LogP contribution in [-0.4, -0.2) is 21.1 Å². The van der Waals surface area contributed by atoms with Gasteiger partial charge in [0.25, 0.3) is 10.2 Å². The zero-order chi connectivity index (χ0) is 8.32. The maximum atomic E-state index is 10.9. The highest BCUT2D eigenvalue weighted by atomic mass is 32.2. The van der Waals surface area contributed by atoms with Gasteiger partial charge in [0.1, 0.15) is 0 Å². The Bertz CT molecular complexity index is 210. The Hall–Kier alpha value is -0.170. The SMILES string of the molecule is NCNS(=O)(=O)NC1CCC1. The summed E-state index contributed by atoms with van der Waals surface area (Å²) in [6, 6.07) is 0.124. The van der Waals surface area contributed by atoms with Crippen LogP contribution in [0.5, 0.6) is 0 Å². The molecule has 0 unspecified atom stereocenters. The van der Waals surface area contributed by atoms with Crippen LogP contribution in [0.4, 0.5) is 0 Å². The van der Waals surface area contributed by atoms with E-state index in [9.17, 15) is 8.42 Å². The smallest absolute Gasteiger partial charge is 0.278 e. The molecule has 4 N–H and O–H groups in total. The van der Waals surface area contributed by atoms with Crippen molar-refractivity contribution in [1.29, 1.82) is 0 Å². The zero-order valence-corrected chi connectivity index (χ0v) is 7.02. The van der Waals surface area contributed by atoms with Crippen LogP contribution in [0.25, 0.3) is 0 Å². The van der Waals surface area contributed by atoms with E-state index in [0.717, 1.165) is 19.3 Å². The molecule has 1 aliphatic carbocycles. The lowest BCUT2D eigenvalue weighted by Crippen LogP contribution is -2.46. The molecule has 5 nitrogen and oxygen atoms in total. The van der Waals surface area contributed by atoms with Crippen molar-refractivity contribution >= 4 is 10.2 Å². The summed E-state index contributed by atoms with van der Waals surface area (Å²) in [5, 5.41) is 0. The fraction of sp³-hybridized carbons (Fsp3) is 1.00. The normalized spacial score (nSPS) is 19.7. The molecule has 0 radical (unpaired) electrons. The molecule has 0 saturated heterocycles. The summed E-state index contributed by atoms with van der Waals surface area (Å²) in [6.07, 6.45) is 2.98. The summed E-state index contributed by atoms with van der Waals surface area (Å²) >= 11 is 0. The minimum atomic E-state index is -3.32. The molecule has 0 heterocycles. The van der Waals surface area contributed by atoms with Crippen molar-refractivity contribution in [3.8, 4) is 0 Å². The van der Waals surface area contributed by atoms with Crippen LogP contribution in [0.2, 0.25) is 0 Å². The van der Waals surface area contributed by atoms with Gasteiger partial charge >= 0.3 is 0 Å². The highest BCUT2D eigenvalue weighted by Gasteiger charge is 2.22. The minimum Gasteiger partial charge on any atom is -0.318 e. The molecule has 1 aliphatic rings. The quantitative estimate of drug-likeness (QED) is 0.478. The second-order valence-corrected chi connectivity index (χ2v) is 4.13. The molecule has 11 heavy (non-hydrogen) atoms. The van der Waals surface area contributed by atoms with Gasteiger partial charge in [-0.1, -0.05) is 6.42 Å². The molecule has 6 heteroatoms. The van der Waals surface area contributed by atoms with E-state index in [1.165, 1.54) is 0 Å². The molecule has 0 atom stereocenters. The molecule has 1 saturated carbocycles. The summed E-state index contributed by atoms with van der Waals surface area (Å²) in [5.41, 5.74) is 5.02. The van der Waals surface area contributed by atoms with Crippen LogP contribution < -0.4 is 15.2 Å². The van der Waals surface area contributed by atoms with Crippen molar-refractivity contribution in [3.63, 3.8) is 0 Å². The lowest BCUT2D eigenvalue weighted by Gasteiger charge is -2.25. The molecular weight excluding hydrogens is 166 g/mol. The second-order valence-electron chi connectivity index (χ2n) is 2.60.